The zero-order valence-corrected chi connectivity index (χ0v) is 7.35. The number of carbonyl (C=O) groups is 1. The van der Waals surface area contributed by atoms with Crippen molar-refractivity contribution >= 4 is 5.78 Å². The van der Waals surface area contributed by atoms with Crippen LogP contribution in [0.3, 0.4) is 0 Å². The number of aromatic amines is 1. The lowest BCUT2D eigenvalue weighted by Gasteiger charge is -2.05. The van der Waals surface area contributed by atoms with Crippen molar-refractivity contribution in [2.75, 3.05) is 0 Å². The first-order valence-corrected chi connectivity index (χ1v) is 4.18. The Hall–Kier alpha value is -1.12. The molecule has 12 heavy (non-hydrogen) atoms. The third-order valence-corrected chi connectivity index (χ3v) is 2.58. The smallest absolute Gasteiger partial charge is 0.143 e. The summed E-state index contributed by atoms with van der Waals surface area (Å²) >= 11 is 0. The fourth-order valence-electron chi connectivity index (χ4n) is 1.54. The normalized spacial score (nSPS) is 19.2. The average Bonchev–Trinajstić information content (AvgIpc) is 2.71. The summed E-state index contributed by atoms with van der Waals surface area (Å²) < 4.78 is 0. The number of hydrogen-bond donors (Lipinski definition) is 1. The molecular weight excluding hydrogens is 152 g/mol. The van der Waals surface area contributed by atoms with Crippen LogP contribution in [-0.4, -0.2) is 15.8 Å². The van der Waals surface area contributed by atoms with Crippen LogP contribution in [0, 0.1) is 6.92 Å². The van der Waals surface area contributed by atoms with Gasteiger partial charge in [0.05, 0.1) is 5.41 Å². The average molecular weight is 164 g/mol. The number of nitrogens with zero attached hydrogens (tertiary/aromatic N) is 1. The number of aromatic nitrogens is 2. The van der Waals surface area contributed by atoms with Crippen LogP contribution in [0.1, 0.15) is 31.3 Å². The number of hydrogen-bond acceptors (Lipinski definition) is 2. The first-order chi connectivity index (χ1) is 5.65. The van der Waals surface area contributed by atoms with Crippen LogP contribution in [0.25, 0.3) is 0 Å². The second kappa shape index (κ2) is 2.19. The number of Topliss-reactive ketones (excluding diaryl/α,β-unsaturated/α-hetero) is 1. The molecular formula is C9H12N2O. The van der Waals surface area contributed by atoms with Gasteiger partial charge in [-0.2, -0.15) is 0 Å². The Morgan fingerprint density at radius 2 is 2.33 bits per heavy atom. The molecule has 64 valence electrons. The molecule has 1 N–H and O–H groups in total. The minimum atomic E-state index is -0.242. The lowest BCUT2D eigenvalue weighted by atomic mass is 10.0. The van der Waals surface area contributed by atoms with Gasteiger partial charge in [0.1, 0.15) is 11.6 Å². The predicted molar refractivity (Wildman–Crippen MR) is 44.9 cm³/mol. The monoisotopic (exact) mass is 164 g/mol. The van der Waals surface area contributed by atoms with Crippen LogP contribution < -0.4 is 0 Å². The number of rotatable bonds is 2. The highest BCUT2D eigenvalue weighted by molar-refractivity contribution is 5.90. The van der Waals surface area contributed by atoms with Crippen molar-refractivity contribution in [3.05, 3.63) is 17.7 Å². The molecule has 1 aliphatic carbocycles. The molecule has 0 saturated heterocycles. The van der Waals surface area contributed by atoms with Crippen molar-refractivity contribution in [3.63, 3.8) is 0 Å². The standard InChI is InChI=1S/C9H12N2O/c1-6-5-10-8(11-6)9(3-4-9)7(2)12/h5H,3-4H2,1-2H3,(H,10,11). The van der Waals surface area contributed by atoms with Crippen molar-refractivity contribution < 1.29 is 4.79 Å². The van der Waals surface area contributed by atoms with Gasteiger partial charge in [0.2, 0.25) is 0 Å². The van der Waals surface area contributed by atoms with Gasteiger partial charge < -0.3 is 4.98 Å². The maximum atomic E-state index is 11.3. The minimum Gasteiger partial charge on any atom is -0.345 e. The van der Waals surface area contributed by atoms with E-state index in [-0.39, 0.29) is 11.2 Å². The molecule has 0 atom stereocenters. The molecule has 2 rings (SSSR count). The summed E-state index contributed by atoms with van der Waals surface area (Å²) in [6.45, 7) is 3.59. The Labute approximate surface area is 71.2 Å². The molecule has 1 aromatic rings. The zero-order chi connectivity index (χ0) is 8.77. The number of imidazole rings is 1. The lowest BCUT2D eigenvalue weighted by molar-refractivity contribution is -0.119. The highest BCUT2D eigenvalue weighted by atomic mass is 16.1. The quantitative estimate of drug-likeness (QED) is 0.716. The van der Waals surface area contributed by atoms with Gasteiger partial charge in [-0.15, -0.1) is 0 Å². The summed E-state index contributed by atoms with van der Waals surface area (Å²) in [7, 11) is 0. The molecule has 1 fully saturated rings. The second-order valence-corrected chi connectivity index (χ2v) is 3.55. The molecule has 1 saturated carbocycles. The molecule has 1 aliphatic rings. The molecule has 3 heteroatoms. The van der Waals surface area contributed by atoms with E-state index in [1.165, 1.54) is 0 Å². The Morgan fingerprint density at radius 3 is 2.67 bits per heavy atom. The summed E-state index contributed by atoms with van der Waals surface area (Å²) in [4.78, 5) is 18.6. The molecule has 0 aliphatic heterocycles. The fraction of sp³-hybridized carbons (Fsp3) is 0.556. The summed E-state index contributed by atoms with van der Waals surface area (Å²) in [5, 5.41) is 0. The van der Waals surface area contributed by atoms with Crippen LogP contribution in [-0.2, 0) is 10.2 Å². The summed E-state index contributed by atoms with van der Waals surface area (Å²) in [5.41, 5.74) is 0.784. The van der Waals surface area contributed by atoms with Crippen LogP contribution >= 0.6 is 0 Å². The summed E-state index contributed by atoms with van der Waals surface area (Å²) in [6, 6.07) is 0. The number of ketones is 1. The van der Waals surface area contributed by atoms with Crippen molar-refractivity contribution in [2.24, 2.45) is 0 Å². The van der Waals surface area contributed by atoms with Gasteiger partial charge in [0.15, 0.2) is 0 Å². The molecule has 1 heterocycles. The van der Waals surface area contributed by atoms with Crippen molar-refractivity contribution in [1.29, 1.82) is 0 Å². The van der Waals surface area contributed by atoms with E-state index in [1.807, 2.05) is 6.92 Å². The van der Waals surface area contributed by atoms with Crippen molar-refractivity contribution in [2.45, 2.75) is 32.1 Å². The Morgan fingerprint density at radius 1 is 1.67 bits per heavy atom. The molecule has 0 amide bonds. The molecule has 0 radical (unpaired) electrons. The van der Waals surface area contributed by atoms with E-state index in [1.54, 1.807) is 13.1 Å². The maximum Gasteiger partial charge on any atom is 0.143 e. The van der Waals surface area contributed by atoms with Gasteiger partial charge in [-0.3, -0.25) is 4.79 Å². The first kappa shape index (κ1) is 7.53. The third kappa shape index (κ3) is 0.891. The van der Waals surface area contributed by atoms with E-state index in [2.05, 4.69) is 9.97 Å². The Balaban J connectivity index is 2.36. The SMILES string of the molecule is CC(=O)C1(c2ncc(C)[nH]2)CC1. The number of aryl methyl sites for hydroxylation is 1. The number of carbonyl (C=O) groups excluding carboxylic acids is 1. The zero-order valence-electron chi connectivity index (χ0n) is 7.35. The summed E-state index contributed by atoms with van der Waals surface area (Å²) in [5.74, 6) is 1.09. The van der Waals surface area contributed by atoms with Crippen LogP contribution in [0.4, 0.5) is 0 Å². The van der Waals surface area contributed by atoms with Gasteiger partial charge in [-0.25, -0.2) is 4.98 Å². The Kier molecular flexibility index (Phi) is 1.37. The topological polar surface area (TPSA) is 45.8 Å². The highest BCUT2D eigenvalue weighted by Crippen LogP contribution is 2.47. The van der Waals surface area contributed by atoms with Gasteiger partial charge in [-0.05, 0) is 26.7 Å². The van der Waals surface area contributed by atoms with Gasteiger partial charge in [-0.1, -0.05) is 0 Å². The first-order valence-electron chi connectivity index (χ1n) is 4.18. The molecule has 0 bridgehead atoms. The van der Waals surface area contributed by atoms with Gasteiger partial charge in [0.25, 0.3) is 0 Å². The van der Waals surface area contributed by atoms with Crippen LogP contribution in [0.15, 0.2) is 6.20 Å². The van der Waals surface area contributed by atoms with E-state index >= 15 is 0 Å². The number of H-pyrrole nitrogens is 1. The molecule has 1 aromatic heterocycles. The predicted octanol–water partition coefficient (Wildman–Crippen LogP) is 1.34. The Bertz CT molecular complexity index is 323. The van der Waals surface area contributed by atoms with Crippen molar-refractivity contribution in [1.82, 2.24) is 9.97 Å². The highest BCUT2D eigenvalue weighted by Gasteiger charge is 2.51. The van der Waals surface area contributed by atoms with E-state index in [0.717, 1.165) is 24.4 Å². The number of nitrogens with one attached hydrogen (secondary N) is 1. The maximum absolute atomic E-state index is 11.3. The van der Waals surface area contributed by atoms with Crippen LogP contribution in [0.2, 0.25) is 0 Å². The summed E-state index contributed by atoms with van der Waals surface area (Å²) in [6.07, 6.45) is 3.68. The van der Waals surface area contributed by atoms with E-state index in [0.29, 0.717) is 0 Å². The molecule has 0 spiro atoms. The minimum absolute atomic E-state index is 0.233. The lowest BCUT2D eigenvalue weighted by Crippen LogP contribution is -2.18. The van der Waals surface area contributed by atoms with Gasteiger partial charge in [0, 0.05) is 11.9 Å². The van der Waals surface area contributed by atoms with E-state index in [9.17, 15) is 4.79 Å². The molecule has 3 nitrogen and oxygen atoms in total. The van der Waals surface area contributed by atoms with Crippen molar-refractivity contribution in [3.8, 4) is 0 Å². The molecule has 0 aromatic carbocycles. The molecule has 0 unspecified atom stereocenters. The van der Waals surface area contributed by atoms with E-state index in [4.69, 9.17) is 0 Å². The van der Waals surface area contributed by atoms with E-state index < -0.39 is 0 Å². The largest absolute Gasteiger partial charge is 0.345 e. The second-order valence-electron chi connectivity index (χ2n) is 3.55. The van der Waals surface area contributed by atoms with Gasteiger partial charge >= 0.3 is 0 Å². The third-order valence-electron chi connectivity index (χ3n) is 2.58. The van der Waals surface area contributed by atoms with Crippen LogP contribution in [0.5, 0.6) is 0 Å². The fourth-order valence-corrected chi connectivity index (χ4v) is 1.54.